The number of aromatic nitrogens is 2. The van der Waals surface area contributed by atoms with Gasteiger partial charge in [0.15, 0.2) is 0 Å². The molecule has 1 unspecified atom stereocenters. The van der Waals surface area contributed by atoms with Gasteiger partial charge in [-0.25, -0.2) is 0 Å². The second kappa shape index (κ2) is 7.43. The van der Waals surface area contributed by atoms with Crippen molar-refractivity contribution in [3.63, 3.8) is 0 Å². The molecule has 2 rings (SSSR count). The first kappa shape index (κ1) is 12.2. The molecular formula is C11H16N2S2. The van der Waals surface area contributed by atoms with Gasteiger partial charge in [-0.1, -0.05) is 13.0 Å². The molecule has 2 nitrogen and oxygen atoms in total. The van der Waals surface area contributed by atoms with Crippen molar-refractivity contribution in [2.45, 2.75) is 6.92 Å². The quantitative estimate of drug-likeness (QED) is 0.609. The Labute approximate surface area is 98.6 Å². The van der Waals surface area contributed by atoms with Gasteiger partial charge < -0.3 is 3.97 Å². The van der Waals surface area contributed by atoms with Crippen LogP contribution in [-0.4, -0.2) is 14.7 Å². The fourth-order valence-corrected chi connectivity index (χ4v) is 2.10. The predicted molar refractivity (Wildman–Crippen MR) is 72.6 cm³/mol. The van der Waals surface area contributed by atoms with Crippen molar-refractivity contribution in [3.05, 3.63) is 55.1 Å². The summed E-state index contributed by atoms with van der Waals surface area (Å²) in [5.74, 6) is 1.13. The van der Waals surface area contributed by atoms with Gasteiger partial charge in [-0.2, -0.15) is 0 Å². The van der Waals surface area contributed by atoms with E-state index in [0.29, 0.717) is 0 Å². The number of rotatable bonds is 2. The Morgan fingerprint density at radius 3 is 2.00 bits per heavy atom. The largest absolute Gasteiger partial charge is 0.312 e. The van der Waals surface area contributed by atoms with E-state index in [4.69, 9.17) is 0 Å². The van der Waals surface area contributed by atoms with Gasteiger partial charge in [0.25, 0.3) is 0 Å². The minimum Gasteiger partial charge on any atom is -0.312 e. The number of hydrogen-bond acceptors (Lipinski definition) is 2. The van der Waals surface area contributed by atoms with E-state index in [9.17, 15) is 0 Å². The molecular weight excluding hydrogens is 224 g/mol. The molecule has 2 aromatic heterocycles. The normalized spacial score (nSPS) is 12.5. The maximum Gasteiger partial charge on any atom is 0.0267 e. The fourth-order valence-electron chi connectivity index (χ4n) is 0.955. The number of pyridine rings is 1. The molecule has 0 spiro atoms. The molecule has 0 aromatic carbocycles. The summed E-state index contributed by atoms with van der Waals surface area (Å²) in [6.07, 6.45) is 7.62. The predicted octanol–water partition coefficient (Wildman–Crippen LogP) is 3.20. The van der Waals surface area contributed by atoms with Gasteiger partial charge in [-0.15, -0.1) is 21.8 Å². The number of nitrogens with zero attached hydrogens (tertiary/aromatic N) is 2. The summed E-state index contributed by atoms with van der Waals surface area (Å²) in [5, 5.41) is 0. The standard InChI is InChI=1S/C6H11NS2.C5H5N/c1-2-9(8)7-5-3-4-6-7;1-2-4-6-5-3-1/h3-6,8-9H,2H2,1H3;1-5H. The van der Waals surface area contributed by atoms with Crippen LogP contribution in [0.4, 0.5) is 0 Å². The van der Waals surface area contributed by atoms with Crippen LogP contribution in [0.15, 0.2) is 55.1 Å². The van der Waals surface area contributed by atoms with E-state index >= 15 is 0 Å². The highest BCUT2D eigenvalue weighted by atomic mass is 33.1. The Morgan fingerprint density at radius 2 is 1.67 bits per heavy atom. The lowest BCUT2D eigenvalue weighted by Crippen LogP contribution is -1.86. The average molecular weight is 240 g/mol. The van der Waals surface area contributed by atoms with E-state index in [1.807, 2.05) is 30.3 Å². The van der Waals surface area contributed by atoms with Crippen molar-refractivity contribution >= 4 is 21.8 Å². The third-order valence-corrected chi connectivity index (χ3v) is 4.54. The molecule has 1 atom stereocenters. The molecule has 2 aromatic rings. The van der Waals surface area contributed by atoms with Crippen LogP contribution in [0.5, 0.6) is 0 Å². The lowest BCUT2D eigenvalue weighted by atomic mass is 10.5. The van der Waals surface area contributed by atoms with Gasteiger partial charge in [0.2, 0.25) is 0 Å². The van der Waals surface area contributed by atoms with Crippen LogP contribution in [-0.2, 0) is 0 Å². The Kier molecular flexibility index (Phi) is 6.04. The van der Waals surface area contributed by atoms with Gasteiger partial charge in [-0.3, -0.25) is 4.98 Å². The third kappa shape index (κ3) is 4.95. The summed E-state index contributed by atoms with van der Waals surface area (Å²) in [5.41, 5.74) is 0. The molecule has 0 fully saturated rings. The van der Waals surface area contributed by atoms with Crippen molar-refractivity contribution < 1.29 is 0 Å². The average Bonchev–Trinajstić information content (AvgIpc) is 2.85. The highest BCUT2D eigenvalue weighted by Gasteiger charge is 1.91. The first-order valence-electron chi connectivity index (χ1n) is 4.79. The smallest absolute Gasteiger partial charge is 0.0267 e. The Balaban J connectivity index is 0.000000162. The molecule has 4 heteroatoms. The monoisotopic (exact) mass is 240 g/mol. The molecule has 0 aliphatic heterocycles. The Hall–Kier alpha value is -0.870. The topological polar surface area (TPSA) is 17.8 Å². The third-order valence-electron chi connectivity index (χ3n) is 1.70. The van der Waals surface area contributed by atoms with Crippen LogP contribution in [0.1, 0.15) is 6.92 Å². The molecule has 2 heterocycles. The molecule has 0 aliphatic carbocycles. The van der Waals surface area contributed by atoms with Crippen LogP contribution < -0.4 is 0 Å². The maximum absolute atomic E-state index is 4.41. The van der Waals surface area contributed by atoms with Crippen molar-refractivity contribution in [2.75, 3.05) is 5.75 Å². The summed E-state index contributed by atoms with van der Waals surface area (Å²) < 4.78 is 2.15. The van der Waals surface area contributed by atoms with Crippen molar-refractivity contribution in [1.82, 2.24) is 8.96 Å². The Bertz CT molecular complexity index is 308. The van der Waals surface area contributed by atoms with E-state index < -0.39 is 0 Å². The SMILES string of the molecule is CC[SH](S)n1cccc1.c1ccncc1. The second-order valence-corrected chi connectivity index (χ2v) is 6.00. The molecule has 0 bridgehead atoms. The lowest BCUT2D eigenvalue weighted by molar-refractivity contribution is 1.27. The molecule has 0 saturated carbocycles. The van der Waals surface area contributed by atoms with Crippen molar-refractivity contribution in [2.24, 2.45) is 0 Å². The summed E-state index contributed by atoms with van der Waals surface area (Å²) in [7, 11) is -0.225. The Morgan fingerprint density at radius 1 is 1.07 bits per heavy atom. The van der Waals surface area contributed by atoms with E-state index in [1.165, 1.54) is 0 Å². The minimum atomic E-state index is -0.225. The van der Waals surface area contributed by atoms with Crippen molar-refractivity contribution in [1.29, 1.82) is 0 Å². The van der Waals surface area contributed by atoms with Gasteiger partial charge in [0, 0.05) is 24.8 Å². The summed E-state index contributed by atoms with van der Waals surface area (Å²) in [6.45, 7) is 2.15. The first-order chi connectivity index (χ1) is 7.34. The summed E-state index contributed by atoms with van der Waals surface area (Å²) in [6, 6.07) is 9.77. The molecule has 0 saturated heterocycles. The van der Waals surface area contributed by atoms with E-state index in [1.54, 1.807) is 12.4 Å². The molecule has 82 valence electrons. The van der Waals surface area contributed by atoms with Gasteiger partial charge >= 0.3 is 0 Å². The summed E-state index contributed by atoms with van der Waals surface area (Å²) in [4.78, 5) is 3.78. The molecule has 0 aliphatic rings. The van der Waals surface area contributed by atoms with Crippen LogP contribution in [0.2, 0.25) is 0 Å². The molecule has 0 radical (unpaired) electrons. The van der Waals surface area contributed by atoms with Crippen LogP contribution in [0.25, 0.3) is 0 Å². The van der Waals surface area contributed by atoms with E-state index in [2.05, 4.69) is 39.9 Å². The van der Waals surface area contributed by atoms with Crippen LogP contribution >= 0.6 is 21.8 Å². The zero-order valence-electron chi connectivity index (χ0n) is 8.69. The molecule has 0 amide bonds. The van der Waals surface area contributed by atoms with E-state index in [0.717, 1.165) is 5.75 Å². The zero-order chi connectivity index (χ0) is 10.9. The van der Waals surface area contributed by atoms with Crippen LogP contribution in [0.3, 0.4) is 0 Å². The minimum absolute atomic E-state index is 0.225. The van der Waals surface area contributed by atoms with E-state index in [-0.39, 0.29) is 10.1 Å². The highest BCUT2D eigenvalue weighted by molar-refractivity contribution is 8.77. The zero-order valence-corrected chi connectivity index (χ0v) is 10.5. The maximum atomic E-state index is 4.41. The number of thiol groups is 2. The van der Waals surface area contributed by atoms with Crippen molar-refractivity contribution in [3.8, 4) is 0 Å². The fraction of sp³-hybridized carbons (Fsp3) is 0.182. The number of hydrogen-bond donors (Lipinski definition) is 2. The second-order valence-electron chi connectivity index (χ2n) is 2.78. The van der Waals surface area contributed by atoms with Crippen LogP contribution in [0, 0.1) is 0 Å². The molecule has 0 N–H and O–H groups in total. The van der Waals surface area contributed by atoms with Gasteiger partial charge in [-0.05, 0) is 30.0 Å². The molecule has 15 heavy (non-hydrogen) atoms. The lowest BCUT2D eigenvalue weighted by Gasteiger charge is -2.13. The van der Waals surface area contributed by atoms with Gasteiger partial charge in [0.05, 0.1) is 0 Å². The highest BCUT2D eigenvalue weighted by Crippen LogP contribution is 2.30. The summed E-state index contributed by atoms with van der Waals surface area (Å²) >= 11 is 4.41. The first-order valence-corrected chi connectivity index (χ1v) is 7.42. The van der Waals surface area contributed by atoms with Gasteiger partial charge in [0.1, 0.15) is 0 Å².